The summed E-state index contributed by atoms with van der Waals surface area (Å²) >= 11 is 1.70. The molecule has 0 amide bonds. The van der Waals surface area contributed by atoms with Crippen molar-refractivity contribution in [3.05, 3.63) is 0 Å². The summed E-state index contributed by atoms with van der Waals surface area (Å²) in [6.45, 7) is 2.04. The molecule has 0 aromatic rings. The largest absolute Gasteiger partial charge is 0.480 e. The number of carboxylic acids is 1. The van der Waals surface area contributed by atoms with E-state index in [1.807, 2.05) is 6.92 Å². The Hall–Kier alpha value is -1.70. The molecular weight excluding hydrogens is 266 g/mol. The average Bonchev–Trinajstić information content (AvgIpc) is 2.86. The van der Waals surface area contributed by atoms with E-state index in [1.54, 1.807) is 11.8 Å². The maximum absolute atomic E-state index is 11.2. The van der Waals surface area contributed by atoms with Crippen LogP contribution in [-0.4, -0.2) is 59.0 Å². The molecule has 2 unspecified atom stereocenters. The quantitative estimate of drug-likeness (QED) is 0.689. The third-order valence-electron chi connectivity index (χ3n) is 2.64. The average molecular weight is 281 g/mol. The summed E-state index contributed by atoms with van der Waals surface area (Å²) in [5.74, 6) is 1.84. The van der Waals surface area contributed by atoms with Crippen LogP contribution in [0.25, 0.3) is 0 Å². The van der Waals surface area contributed by atoms with Crippen LogP contribution < -0.4 is 5.32 Å². The molecule has 0 bridgehead atoms. The Balaban J connectivity index is 2.09. The molecule has 8 heteroatoms. The fourth-order valence-electron chi connectivity index (χ4n) is 1.69. The van der Waals surface area contributed by atoms with E-state index in [2.05, 4.69) is 25.3 Å². The number of fused-ring (bicyclic) bond motifs is 1. The Morgan fingerprint density at radius 2 is 2.53 bits per heavy atom. The molecule has 2 atom stereocenters. The van der Waals surface area contributed by atoms with Crippen molar-refractivity contribution in [1.82, 2.24) is 5.32 Å². The molecule has 7 nitrogen and oxygen atoms in total. The second kappa shape index (κ2) is 6.46. The van der Waals surface area contributed by atoms with Crippen LogP contribution in [-0.2, 0) is 4.79 Å². The highest BCUT2D eigenvalue weighted by molar-refractivity contribution is 7.99. The molecule has 2 aliphatic rings. The fraction of sp³-hybridized carbons (Fsp3) is 0.545. The van der Waals surface area contributed by atoms with Gasteiger partial charge >= 0.3 is 5.97 Å². The number of carbonyl (C=O) groups is 1. The lowest BCUT2D eigenvalue weighted by Crippen LogP contribution is -2.41. The van der Waals surface area contributed by atoms with E-state index < -0.39 is 12.0 Å². The minimum Gasteiger partial charge on any atom is -0.480 e. The predicted molar refractivity (Wildman–Crippen MR) is 77.8 cm³/mol. The van der Waals surface area contributed by atoms with E-state index in [0.29, 0.717) is 18.1 Å². The first-order valence-corrected chi connectivity index (χ1v) is 7.14. The molecule has 0 saturated heterocycles. The molecule has 0 radical (unpaired) electrons. The molecule has 19 heavy (non-hydrogen) atoms. The molecular formula is C11H15N5O2S. The van der Waals surface area contributed by atoms with Crippen LogP contribution in [0.3, 0.4) is 0 Å². The van der Waals surface area contributed by atoms with Crippen LogP contribution in [0.2, 0.25) is 0 Å². The van der Waals surface area contributed by atoms with Gasteiger partial charge in [-0.2, -0.15) is 11.8 Å². The van der Waals surface area contributed by atoms with Gasteiger partial charge in [-0.05, 0) is 17.9 Å². The van der Waals surface area contributed by atoms with Crippen molar-refractivity contribution in [3.63, 3.8) is 0 Å². The Labute approximate surface area is 115 Å². The summed E-state index contributed by atoms with van der Waals surface area (Å²) in [7, 11) is 0. The zero-order valence-corrected chi connectivity index (χ0v) is 11.3. The lowest BCUT2D eigenvalue weighted by molar-refractivity contribution is -0.138. The predicted octanol–water partition coefficient (Wildman–Crippen LogP) is 0.422. The fourth-order valence-corrected chi connectivity index (χ4v) is 2.37. The number of amidine groups is 2. The van der Waals surface area contributed by atoms with Gasteiger partial charge in [0, 0.05) is 0 Å². The van der Waals surface area contributed by atoms with Crippen LogP contribution in [0.5, 0.6) is 0 Å². The molecule has 0 aliphatic carbocycles. The molecule has 0 spiro atoms. The van der Waals surface area contributed by atoms with E-state index in [-0.39, 0.29) is 6.04 Å². The lowest BCUT2D eigenvalue weighted by atomic mass is 10.2. The second-order valence-corrected chi connectivity index (χ2v) is 5.30. The van der Waals surface area contributed by atoms with Gasteiger partial charge in [-0.15, -0.1) is 0 Å². The first-order valence-electron chi connectivity index (χ1n) is 5.99. The van der Waals surface area contributed by atoms with Crippen LogP contribution in [0.4, 0.5) is 0 Å². The van der Waals surface area contributed by atoms with E-state index >= 15 is 0 Å². The Kier molecular flexibility index (Phi) is 4.67. The number of rotatable bonds is 6. The summed E-state index contributed by atoms with van der Waals surface area (Å²) in [5.41, 5.74) is 0. The topological polar surface area (TPSA) is 98.8 Å². The summed E-state index contributed by atoms with van der Waals surface area (Å²) in [6, 6.07) is -1.16. The zero-order chi connectivity index (χ0) is 13.7. The van der Waals surface area contributed by atoms with Gasteiger partial charge in [0.05, 0.1) is 6.34 Å². The van der Waals surface area contributed by atoms with Crippen molar-refractivity contribution >= 4 is 42.1 Å². The number of thioether (sulfide) groups is 1. The highest BCUT2D eigenvalue weighted by Gasteiger charge is 2.28. The third kappa shape index (κ3) is 3.40. The molecule has 2 N–H and O–H groups in total. The molecule has 2 rings (SSSR count). The van der Waals surface area contributed by atoms with Gasteiger partial charge in [-0.3, -0.25) is 9.98 Å². The van der Waals surface area contributed by atoms with E-state index in [9.17, 15) is 9.90 Å². The van der Waals surface area contributed by atoms with Gasteiger partial charge in [0.15, 0.2) is 11.9 Å². The molecule has 0 aromatic heterocycles. The number of aliphatic carboxylic acids is 1. The standard InChI is InChI=1S/C11H15N5O2S/c1-2-19-4-3-7(11(17)18)16-10-8-9(13-5-12-8)14-6-15-10/h5-8H,2-4H2,1H3,(H,17,18)(H,12,13,14,15,16). The monoisotopic (exact) mass is 281 g/mol. The van der Waals surface area contributed by atoms with Crippen molar-refractivity contribution in [2.24, 2.45) is 20.0 Å². The zero-order valence-electron chi connectivity index (χ0n) is 10.5. The van der Waals surface area contributed by atoms with Crippen molar-refractivity contribution in [2.45, 2.75) is 25.4 Å². The molecule has 0 aromatic carbocycles. The first-order chi connectivity index (χ1) is 9.22. The van der Waals surface area contributed by atoms with Crippen LogP contribution in [0.1, 0.15) is 13.3 Å². The van der Waals surface area contributed by atoms with Crippen molar-refractivity contribution in [2.75, 3.05) is 11.5 Å². The van der Waals surface area contributed by atoms with Crippen molar-refractivity contribution < 1.29 is 9.90 Å². The maximum atomic E-state index is 11.2. The minimum absolute atomic E-state index is 0.384. The number of hydrogen-bond donors (Lipinski definition) is 2. The summed E-state index contributed by atoms with van der Waals surface area (Å²) in [6.07, 6.45) is 3.38. The smallest absolute Gasteiger partial charge is 0.328 e. The van der Waals surface area contributed by atoms with E-state index in [4.69, 9.17) is 0 Å². The highest BCUT2D eigenvalue weighted by Crippen LogP contribution is 2.12. The lowest BCUT2D eigenvalue weighted by Gasteiger charge is -2.16. The van der Waals surface area contributed by atoms with Gasteiger partial charge in [0.25, 0.3) is 0 Å². The highest BCUT2D eigenvalue weighted by atomic mass is 32.2. The van der Waals surface area contributed by atoms with Crippen LogP contribution in [0, 0.1) is 0 Å². The molecule has 2 aliphatic heterocycles. The molecule has 2 heterocycles. The van der Waals surface area contributed by atoms with Crippen molar-refractivity contribution in [1.29, 1.82) is 0 Å². The number of nitrogens with zero attached hydrogens (tertiary/aromatic N) is 4. The van der Waals surface area contributed by atoms with E-state index in [0.717, 1.165) is 11.5 Å². The van der Waals surface area contributed by atoms with Gasteiger partial charge in [-0.25, -0.2) is 14.8 Å². The Morgan fingerprint density at radius 1 is 1.68 bits per heavy atom. The first kappa shape index (κ1) is 13.7. The van der Waals surface area contributed by atoms with Gasteiger partial charge in [-0.1, -0.05) is 6.92 Å². The van der Waals surface area contributed by atoms with Crippen LogP contribution >= 0.6 is 11.8 Å². The second-order valence-electron chi connectivity index (χ2n) is 3.91. The van der Waals surface area contributed by atoms with Gasteiger partial charge < -0.3 is 10.4 Å². The number of aliphatic imine (C=N–C) groups is 4. The summed E-state index contributed by atoms with van der Waals surface area (Å²) in [5, 5.41) is 12.1. The van der Waals surface area contributed by atoms with Gasteiger partial charge in [0.1, 0.15) is 18.2 Å². The molecule has 0 fully saturated rings. The Morgan fingerprint density at radius 3 is 3.26 bits per heavy atom. The third-order valence-corrected chi connectivity index (χ3v) is 3.57. The summed E-state index contributed by atoms with van der Waals surface area (Å²) < 4.78 is 0. The SMILES string of the molecule is CCSCCC(N=C1N=CNC2=NC=NC12)C(=O)O. The van der Waals surface area contributed by atoms with Gasteiger partial charge in [0.2, 0.25) is 0 Å². The van der Waals surface area contributed by atoms with Crippen LogP contribution in [0.15, 0.2) is 20.0 Å². The number of carboxylic acid groups (broad SMARTS) is 1. The van der Waals surface area contributed by atoms with Crippen molar-refractivity contribution in [3.8, 4) is 0 Å². The minimum atomic E-state index is -0.932. The Bertz CT molecular complexity index is 472. The van der Waals surface area contributed by atoms with E-state index in [1.165, 1.54) is 12.7 Å². The molecule has 0 saturated carbocycles. The summed E-state index contributed by atoms with van der Waals surface area (Å²) in [4.78, 5) is 27.6. The molecule has 102 valence electrons. The number of nitrogens with one attached hydrogen (secondary N) is 1. The maximum Gasteiger partial charge on any atom is 0.328 e. The number of hydrogen-bond acceptors (Lipinski definition) is 6. The normalized spacial score (nSPS) is 23.9.